The summed E-state index contributed by atoms with van der Waals surface area (Å²) in [5.41, 5.74) is 0.933. The number of nitrogens with one attached hydrogen (secondary N) is 1. The molecule has 0 radical (unpaired) electrons. The van der Waals surface area contributed by atoms with E-state index in [2.05, 4.69) is 12.2 Å². The van der Waals surface area contributed by atoms with Crippen LogP contribution in [0.5, 0.6) is 5.75 Å². The van der Waals surface area contributed by atoms with Gasteiger partial charge in [0.2, 0.25) is 0 Å². The van der Waals surface area contributed by atoms with Gasteiger partial charge in [-0.1, -0.05) is 13.0 Å². The molecule has 1 fully saturated rings. The van der Waals surface area contributed by atoms with E-state index in [-0.39, 0.29) is 24.4 Å². The largest absolute Gasteiger partial charge is 0.464 e. The van der Waals surface area contributed by atoms with Crippen LogP contribution in [0.2, 0.25) is 0 Å². The summed E-state index contributed by atoms with van der Waals surface area (Å²) >= 11 is 0. The molecule has 0 aliphatic heterocycles. The summed E-state index contributed by atoms with van der Waals surface area (Å²) in [6.45, 7) is 5.91. The molecule has 3 nitrogen and oxygen atoms in total. The number of rotatable bonds is 9. The van der Waals surface area contributed by atoms with Gasteiger partial charge in [0, 0.05) is 6.04 Å². The average molecular weight is 281 g/mol. The molecule has 0 amide bonds. The standard InChI is InChI=1S/C16H24FNO2/c1-3-8-18-12(2)14-6-7-16(15(17)9-14)20-11-19-10-13-4-5-13/h6-7,9,12-13,18H,3-5,8,10-11H2,1-2H3. The van der Waals surface area contributed by atoms with E-state index in [1.807, 2.05) is 13.0 Å². The minimum Gasteiger partial charge on any atom is -0.464 e. The fraction of sp³-hybridized carbons (Fsp3) is 0.625. The molecule has 112 valence electrons. The highest BCUT2D eigenvalue weighted by atomic mass is 19.1. The third-order valence-electron chi connectivity index (χ3n) is 3.50. The lowest BCUT2D eigenvalue weighted by Crippen LogP contribution is -2.19. The summed E-state index contributed by atoms with van der Waals surface area (Å²) in [4.78, 5) is 0. The molecule has 0 spiro atoms. The van der Waals surface area contributed by atoms with Crippen molar-refractivity contribution in [3.63, 3.8) is 0 Å². The molecule has 4 heteroatoms. The van der Waals surface area contributed by atoms with E-state index in [0.717, 1.165) is 25.1 Å². The lowest BCUT2D eigenvalue weighted by Gasteiger charge is -2.15. The van der Waals surface area contributed by atoms with Gasteiger partial charge in [-0.05, 0) is 56.3 Å². The van der Waals surface area contributed by atoms with E-state index in [1.54, 1.807) is 6.07 Å². The minimum absolute atomic E-state index is 0.121. The van der Waals surface area contributed by atoms with Crippen molar-refractivity contribution in [2.24, 2.45) is 5.92 Å². The van der Waals surface area contributed by atoms with E-state index in [1.165, 1.54) is 18.9 Å². The first-order valence-electron chi connectivity index (χ1n) is 7.44. The van der Waals surface area contributed by atoms with Crippen LogP contribution in [0.4, 0.5) is 4.39 Å². The monoisotopic (exact) mass is 281 g/mol. The zero-order valence-corrected chi connectivity index (χ0v) is 12.3. The quantitative estimate of drug-likeness (QED) is 0.553. The fourth-order valence-corrected chi connectivity index (χ4v) is 1.99. The summed E-state index contributed by atoms with van der Waals surface area (Å²) in [5, 5.41) is 3.33. The predicted octanol–water partition coefficient (Wildman–Crippen LogP) is 3.65. The van der Waals surface area contributed by atoms with Crippen LogP contribution in [-0.4, -0.2) is 19.9 Å². The lowest BCUT2D eigenvalue weighted by atomic mass is 10.1. The Morgan fingerprint density at radius 3 is 2.85 bits per heavy atom. The molecule has 0 aromatic heterocycles. The van der Waals surface area contributed by atoms with Gasteiger partial charge in [-0.2, -0.15) is 0 Å². The average Bonchev–Trinajstić information content (AvgIpc) is 3.26. The molecule has 0 heterocycles. The Labute approximate surface area is 120 Å². The van der Waals surface area contributed by atoms with Gasteiger partial charge in [0.15, 0.2) is 18.4 Å². The number of hydrogen-bond donors (Lipinski definition) is 1. The molecule has 1 aromatic carbocycles. The van der Waals surface area contributed by atoms with Gasteiger partial charge in [-0.15, -0.1) is 0 Å². The van der Waals surface area contributed by atoms with Crippen molar-refractivity contribution in [1.29, 1.82) is 0 Å². The number of hydrogen-bond acceptors (Lipinski definition) is 3. The van der Waals surface area contributed by atoms with Crippen molar-refractivity contribution < 1.29 is 13.9 Å². The van der Waals surface area contributed by atoms with Crippen LogP contribution in [0.15, 0.2) is 18.2 Å². The Hall–Kier alpha value is -1.13. The molecule has 0 saturated heterocycles. The van der Waals surface area contributed by atoms with Crippen LogP contribution in [0.3, 0.4) is 0 Å². The zero-order chi connectivity index (χ0) is 14.4. The Balaban J connectivity index is 1.81. The zero-order valence-electron chi connectivity index (χ0n) is 12.3. The summed E-state index contributed by atoms with van der Waals surface area (Å²) < 4.78 is 24.6. The van der Waals surface area contributed by atoms with Crippen LogP contribution in [0, 0.1) is 11.7 Å². The number of halogens is 1. The van der Waals surface area contributed by atoms with Crippen molar-refractivity contribution >= 4 is 0 Å². The van der Waals surface area contributed by atoms with Crippen molar-refractivity contribution in [2.75, 3.05) is 19.9 Å². The van der Waals surface area contributed by atoms with Gasteiger partial charge in [0.25, 0.3) is 0 Å². The van der Waals surface area contributed by atoms with Crippen LogP contribution >= 0.6 is 0 Å². The molecule has 1 atom stereocenters. The topological polar surface area (TPSA) is 30.5 Å². The molecular weight excluding hydrogens is 257 g/mol. The summed E-state index contributed by atoms with van der Waals surface area (Å²) in [6.07, 6.45) is 3.55. The Kier molecular flexibility index (Phi) is 5.80. The minimum atomic E-state index is -0.331. The molecule has 1 aliphatic carbocycles. The lowest BCUT2D eigenvalue weighted by molar-refractivity contribution is 0.00791. The first-order chi connectivity index (χ1) is 9.70. The molecule has 1 unspecified atom stereocenters. The highest BCUT2D eigenvalue weighted by Crippen LogP contribution is 2.29. The van der Waals surface area contributed by atoms with Gasteiger partial charge in [-0.25, -0.2) is 4.39 Å². The van der Waals surface area contributed by atoms with E-state index in [0.29, 0.717) is 5.92 Å². The molecule has 1 N–H and O–H groups in total. The van der Waals surface area contributed by atoms with E-state index in [4.69, 9.17) is 9.47 Å². The Morgan fingerprint density at radius 1 is 1.40 bits per heavy atom. The van der Waals surface area contributed by atoms with Crippen LogP contribution < -0.4 is 10.1 Å². The summed E-state index contributed by atoms with van der Waals surface area (Å²) in [7, 11) is 0. The van der Waals surface area contributed by atoms with Gasteiger partial charge >= 0.3 is 0 Å². The number of benzene rings is 1. The van der Waals surface area contributed by atoms with Crippen molar-refractivity contribution in [2.45, 2.75) is 39.2 Å². The van der Waals surface area contributed by atoms with Gasteiger partial charge in [0.1, 0.15) is 0 Å². The maximum atomic E-state index is 13.9. The summed E-state index contributed by atoms with van der Waals surface area (Å²) in [5.74, 6) is 0.617. The van der Waals surface area contributed by atoms with E-state index in [9.17, 15) is 4.39 Å². The van der Waals surface area contributed by atoms with Crippen LogP contribution in [0.1, 0.15) is 44.7 Å². The SMILES string of the molecule is CCCNC(C)c1ccc(OCOCC2CC2)c(F)c1. The highest BCUT2D eigenvalue weighted by molar-refractivity contribution is 5.30. The fourth-order valence-electron chi connectivity index (χ4n) is 1.99. The molecule has 20 heavy (non-hydrogen) atoms. The van der Waals surface area contributed by atoms with Crippen molar-refractivity contribution in [3.8, 4) is 5.75 Å². The van der Waals surface area contributed by atoms with Gasteiger partial charge in [-0.3, -0.25) is 0 Å². The Morgan fingerprint density at radius 2 is 2.20 bits per heavy atom. The second-order valence-corrected chi connectivity index (χ2v) is 5.44. The Bertz CT molecular complexity index is 421. The van der Waals surface area contributed by atoms with Crippen molar-refractivity contribution in [3.05, 3.63) is 29.6 Å². The van der Waals surface area contributed by atoms with Gasteiger partial charge in [0.05, 0.1) is 6.61 Å². The molecule has 1 saturated carbocycles. The van der Waals surface area contributed by atoms with E-state index >= 15 is 0 Å². The number of ether oxygens (including phenoxy) is 2. The smallest absolute Gasteiger partial charge is 0.189 e. The summed E-state index contributed by atoms with van der Waals surface area (Å²) in [6, 6.07) is 5.25. The maximum absolute atomic E-state index is 13.9. The third-order valence-corrected chi connectivity index (χ3v) is 3.50. The predicted molar refractivity (Wildman–Crippen MR) is 77.3 cm³/mol. The molecule has 1 aromatic rings. The molecule has 2 rings (SSSR count). The second kappa shape index (κ2) is 7.60. The van der Waals surface area contributed by atoms with Crippen molar-refractivity contribution in [1.82, 2.24) is 5.32 Å². The normalized spacial score (nSPS) is 16.1. The van der Waals surface area contributed by atoms with Crippen LogP contribution in [-0.2, 0) is 4.74 Å². The highest BCUT2D eigenvalue weighted by Gasteiger charge is 2.21. The maximum Gasteiger partial charge on any atom is 0.189 e. The van der Waals surface area contributed by atoms with E-state index < -0.39 is 0 Å². The first kappa shape index (κ1) is 15.3. The van der Waals surface area contributed by atoms with Gasteiger partial charge < -0.3 is 14.8 Å². The van der Waals surface area contributed by atoms with Crippen LogP contribution in [0.25, 0.3) is 0 Å². The third kappa shape index (κ3) is 4.76. The molecular formula is C16H24FNO2. The second-order valence-electron chi connectivity index (χ2n) is 5.44. The first-order valence-corrected chi connectivity index (χ1v) is 7.44. The molecule has 1 aliphatic rings. The molecule has 0 bridgehead atoms.